The van der Waals surface area contributed by atoms with Crippen LogP contribution in [0.3, 0.4) is 0 Å². The van der Waals surface area contributed by atoms with Gasteiger partial charge in [0.05, 0.1) is 31.0 Å². The van der Waals surface area contributed by atoms with Crippen molar-refractivity contribution in [3.8, 4) is 5.75 Å². The summed E-state index contributed by atoms with van der Waals surface area (Å²) in [4.78, 5) is 57.8. The summed E-state index contributed by atoms with van der Waals surface area (Å²) in [6, 6.07) is 11.4. The van der Waals surface area contributed by atoms with Crippen LogP contribution in [-0.4, -0.2) is 106 Å². The maximum Gasteiger partial charge on any atom is 0.412 e. The molecule has 2 aliphatic heterocycles. The molecule has 54 heavy (non-hydrogen) atoms. The molecule has 0 unspecified atom stereocenters. The lowest BCUT2D eigenvalue weighted by Crippen LogP contribution is -2.34. The van der Waals surface area contributed by atoms with Crippen molar-refractivity contribution in [3.05, 3.63) is 77.9 Å². The number of carbonyl (C=O) groups excluding carboxylic acids is 3. The molecule has 2 aromatic carbocycles. The van der Waals surface area contributed by atoms with E-state index < -0.39 is 53.8 Å². The number of benzene rings is 2. The number of amides is 1. The Bertz CT molecular complexity index is 2100. The number of allylic oxidation sites excluding steroid dienone is 1. The Hall–Kier alpha value is -5.71. The number of carbonyl (C=O) groups is 3. The highest BCUT2D eigenvalue weighted by atomic mass is 16.8. The van der Waals surface area contributed by atoms with Crippen molar-refractivity contribution >= 4 is 52.9 Å². The summed E-state index contributed by atoms with van der Waals surface area (Å²) in [5, 5.41) is 2.75. The van der Waals surface area contributed by atoms with Crippen LogP contribution in [0.25, 0.3) is 17.2 Å². The summed E-state index contributed by atoms with van der Waals surface area (Å²) in [6.45, 7) is 8.92. The Kier molecular flexibility index (Phi) is 10.8. The van der Waals surface area contributed by atoms with E-state index in [9.17, 15) is 14.4 Å². The van der Waals surface area contributed by atoms with E-state index in [0.29, 0.717) is 28.2 Å². The minimum absolute atomic E-state index is 0.0152. The standard InChI is InChI=1S/C38H43N7O9/c1-37(2,3)54-36(48)43-25-15-13-22(14-16-26(46)23-11-9-10-12-24(23)35(47)49-8)17-27(25)50-18-28-30-31(53-38(4,5)52-30)34(51-28)45-21-41-29-32(42-20-44(6)7)39-19-40-33(29)45/h9-17,19-21,28,30-31,34H,18H2,1-8H3,(H,43,48)/b16-14+,42-20?/t28-,30-,31-,34-/m1/s1. The molecule has 2 fully saturated rings. The SMILES string of the molecule is COC(=O)c1ccccc1C(=O)/C=C/c1ccc(NC(=O)OC(C)(C)C)c(OC[C@H]2O[C@@H](n3cnc4c(N=CN(C)C)ncnc43)[C@@H]3OC(C)(C)O[C@@H]32)c1. The lowest BCUT2D eigenvalue weighted by Gasteiger charge is -2.25. The van der Waals surface area contributed by atoms with Gasteiger partial charge in [0.1, 0.15) is 42.6 Å². The molecule has 4 heterocycles. The Morgan fingerprint density at radius 3 is 2.50 bits per heavy atom. The van der Waals surface area contributed by atoms with Crippen LogP contribution in [-0.2, 0) is 23.7 Å². The average Bonchev–Trinajstić information content (AvgIpc) is 3.79. The molecule has 0 aliphatic carbocycles. The first-order valence-electron chi connectivity index (χ1n) is 17.2. The topological polar surface area (TPSA) is 178 Å². The second-order valence-electron chi connectivity index (χ2n) is 14.3. The van der Waals surface area contributed by atoms with Gasteiger partial charge in [-0.05, 0) is 64.5 Å². The zero-order chi connectivity index (χ0) is 38.8. The second-order valence-corrected chi connectivity index (χ2v) is 14.3. The number of fused-ring (bicyclic) bond motifs is 2. The molecule has 0 saturated carbocycles. The van der Waals surface area contributed by atoms with Gasteiger partial charge in [-0.3, -0.25) is 14.7 Å². The maximum absolute atomic E-state index is 13.2. The van der Waals surface area contributed by atoms with E-state index in [1.54, 1.807) is 85.4 Å². The molecule has 1 amide bonds. The van der Waals surface area contributed by atoms with E-state index in [1.807, 2.05) is 27.9 Å². The van der Waals surface area contributed by atoms with Crippen LogP contribution >= 0.6 is 0 Å². The number of nitrogens with zero attached hydrogens (tertiary/aromatic N) is 6. The number of nitrogens with one attached hydrogen (secondary N) is 1. The molecule has 2 aromatic heterocycles. The molecule has 2 aliphatic rings. The first-order chi connectivity index (χ1) is 25.6. The number of hydrogen-bond donors (Lipinski definition) is 1. The molecule has 0 radical (unpaired) electrons. The van der Waals surface area contributed by atoms with E-state index in [0.717, 1.165) is 0 Å². The van der Waals surface area contributed by atoms with Gasteiger partial charge in [0.2, 0.25) is 0 Å². The third-order valence-electron chi connectivity index (χ3n) is 8.22. The number of imidazole rings is 1. The molecule has 0 bridgehead atoms. The predicted molar refractivity (Wildman–Crippen MR) is 198 cm³/mol. The molecule has 2 saturated heterocycles. The molecule has 0 spiro atoms. The van der Waals surface area contributed by atoms with Crippen LogP contribution in [0.4, 0.5) is 16.3 Å². The van der Waals surface area contributed by atoms with Crippen molar-refractivity contribution < 1.29 is 42.8 Å². The van der Waals surface area contributed by atoms with Gasteiger partial charge in [-0.1, -0.05) is 30.3 Å². The fraction of sp³-hybridized carbons (Fsp3) is 0.395. The van der Waals surface area contributed by atoms with Gasteiger partial charge in [0.15, 0.2) is 34.8 Å². The van der Waals surface area contributed by atoms with E-state index in [1.165, 1.54) is 25.6 Å². The number of rotatable bonds is 11. The van der Waals surface area contributed by atoms with E-state index in [2.05, 4.69) is 25.3 Å². The number of ether oxygens (including phenoxy) is 6. The number of hydrogen-bond acceptors (Lipinski definition) is 13. The van der Waals surface area contributed by atoms with Crippen LogP contribution in [0.1, 0.15) is 67.1 Å². The zero-order valence-electron chi connectivity index (χ0n) is 31.3. The lowest BCUT2D eigenvalue weighted by atomic mass is 10.0. The largest absolute Gasteiger partial charge is 0.489 e. The average molecular weight is 742 g/mol. The summed E-state index contributed by atoms with van der Waals surface area (Å²) in [5.41, 5.74) is 1.49. The first kappa shape index (κ1) is 38.0. The molecule has 6 rings (SSSR count). The number of ketones is 1. The fourth-order valence-corrected chi connectivity index (χ4v) is 6.01. The van der Waals surface area contributed by atoms with Crippen LogP contribution < -0.4 is 10.1 Å². The van der Waals surface area contributed by atoms with Crippen molar-refractivity contribution in [3.63, 3.8) is 0 Å². The van der Waals surface area contributed by atoms with Gasteiger partial charge in [0.25, 0.3) is 0 Å². The second kappa shape index (κ2) is 15.3. The summed E-state index contributed by atoms with van der Waals surface area (Å²) in [6.07, 6.45) is 4.47. The molecule has 4 aromatic rings. The third-order valence-corrected chi connectivity index (χ3v) is 8.22. The molecular weight excluding hydrogens is 698 g/mol. The van der Waals surface area contributed by atoms with Crippen molar-refractivity contribution in [1.29, 1.82) is 0 Å². The van der Waals surface area contributed by atoms with E-state index >= 15 is 0 Å². The number of aliphatic imine (C=N–C) groups is 1. The number of anilines is 1. The highest BCUT2D eigenvalue weighted by Gasteiger charge is 2.56. The highest BCUT2D eigenvalue weighted by molar-refractivity contribution is 6.12. The van der Waals surface area contributed by atoms with Crippen molar-refractivity contribution in [2.24, 2.45) is 4.99 Å². The number of aromatic nitrogens is 4. The highest BCUT2D eigenvalue weighted by Crippen LogP contribution is 2.44. The Morgan fingerprint density at radius 1 is 1.04 bits per heavy atom. The zero-order valence-corrected chi connectivity index (χ0v) is 31.3. The van der Waals surface area contributed by atoms with Crippen molar-refractivity contribution in [2.75, 3.05) is 33.1 Å². The molecule has 284 valence electrons. The first-order valence-corrected chi connectivity index (χ1v) is 17.2. The van der Waals surface area contributed by atoms with Gasteiger partial charge in [0, 0.05) is 19.7 Å². The number of methoxy groups -OCH3 is 1. The summed E-state index contributed by atoms with van der Waals surface area (Å²) < 4.78 is 37.7. The van der Waals surface area contributed by atoms with Gasteiger partial charge >= 0.3 is 12.1 Å². The van der Waals surface area contributed by atoms with Crippen LogP contribution in [0.15, 0.2) is 66.2 Å². The van der Waals surface area contributed by atoms with Crippen molar-refractivity contribution in [2.45, 2.75) is 70.5 Å². The van der Waals surface area contributed by atoms with E-state index in [-0.39, 0.29) is 23.5 Å². The van der Waals surface area contributed by atoms with Gasteiger partial charge in [-0.15, -0.1) is 0 Å². The Labute approximate surface area is 312 Å². The smallest absolute Gasteiger partial charge is 0.412 e. The fourth-order valence-electron chi connectivity index (χ4n) is 6.01. The molecule has 4 atom stereocenters. The summed E-state index contributed by atoms with van der Waals surface area (Å²) in [7, 11) is 4.96. The van der Waals surface area contributed by atoms with Gasteiger partial charge in [-0.2, -0.15) is 0 Å². The number of esters is 1. The van der Waals surface area contributed by atoms with Gasteiger partial charge < -0.3 is 33.3 Å². The lowest BCUT2D eigenvalue weighted by molar-refractivity contribution is -0.198. The summed E-state index contributed by atoms with van der Waals surface area (Å²) in [5.74, 6) is -1.26. The van der Waals surface area contributed by atoms with Crippen LogP contribution in [0.2, 0.25) is 0 Å². The molecule has 16 heteroatoms. The Balaban J connectivity index is 1.27. The normalized spacial score (nSPS) is 20.7. The van der Waals surface area contributed by atoms with Crippen molar-refractivity contribution in [1.82, 2.24) is 24.4 Å². The quantitative estimate of drug-likeness (QED) is 0.0664. The van der Waals surface area contributed by atoms with Crippen LogP contribution in [0.5, 0.6) is 5.75 Å². The Morgan fingerprint density at radius 2 is 1.78 bits per heavy atom. The molecule has 1 N–H and O–H groups in total. The minimum atomic E-state index is -0.921. The van der Waals surface area contributed by atoms with E-state index in [4.69, 9.17) is 28.4 Å². The van der Waals surface area contributed by atoms with Crippen LogP contribution in [0, 0.1) is 0 Å². The maximum atomic E-state index is 13.2. The molecule has 16 nitrogen and oxygen atoms in total. The van der Waals surface area contributed by atoms with Gasteiger partial charge in [-0.25, -0.2) is 29.5 Å². The third kappa shape index (κ3) is 8.56. The monoisotopic (exact) mass is 741 g/mol. The minimum Gasteiger partial charge on any atom is -0.489 e. The predicted octanol–water partition coefficient (Wildman–Crippen LogP) is 5.57. The molecular formula is C38H43N7O9. The summed E-state index contributed by atoms with van der Waals surface area (Å²) >= 11 is 0.